The SMILES string of the molecule is CCOP(=O)(OCC)[C@H](C=O)NC(=O)c1ccccc1. The van der Waals surface area contributed by atoms with Crippen molar-refractivity contribution < 1.29 is 23.2 Å². The van der Waals surface area contributed by atoms with Gasteiger partial charge in [-0.15, -0.1) is 0 Å². The average Bonchev–Trinajstić information content (AvgIpc) is 2.45. The highest BCUT2D eigenvalue weighted by Crippen LogP contribution is 2.51. The second kappa shape index (κ2) is 7.94. The molecule has 1 atom stereocenters. The van der Waals surface area contributed by atoms with Gasteiger partial charge in [0.1, 0.15) is 0 Å². The monoisotopic (exact) mass is 299 g/mol. The van der Waals surface area contributed by atoms with Crippen LogP contribution in [0.3, 0.4) is 0 Å². The summed E-state index contributed by atoms with van der Waals surface area (Å²) in [5, 5.41) is 2.37. The van der Waals surface area contributed by atoms with E-state index in [1.807, 2.05) is 0 Å². The van der Waals surface area contributed by atoms with Crippen molar-refractivity contribution in [3.05, 3.63) is 35.9 Å². The number of hydrogen-bond donors (Lipinski definition) is 1. The smallest absolute Gasteiger partial charge is 0.332 e. The Morgan fingerprint density at radius 2 is 1.80 bits per heavy atom. The minimum absolute atomic E-state index is 0.114. The van der Waals surface area contributed by atoms with E-state index >= 15 is 0 Å². The predicted octanol–water partition coefficient (Wildman–Crippen LogP) is 2.21. The fraction of sp³-hybridized carbons (Fsp3) is 0.385. The van der Waals surface area contributed by atoms with Crippen LogP contribution in [0.4, 0.5) is 0 Å². The van der Waals surface area contributed by atoms with Crippen LogP contribution in [-0.4, -0.2) is 31.2 Å². The molecule has 20 heavy (non-hydrogen) atoms. The fourth-order valence-corrected chi connectivity index (χ4v) is 3.09. The molecule has 1 aromatic rings. The highest BCUT2D eigenvalue weighted by Gasteiger charge is 2.36. The van der Waals surface area contributed by atoms with Crippen molar-refractivity contribution in [2.45, 2.75) is 19.6 Å². The van der Waals surface area contributed by atoms with Crippen LogP contribution >= 0.6 is 7.60 Å². The van der Waals surface area contributed by atoms with Gasteiger partial charge in [0.05, 0.1) is 13.2 Å². The number of nitrogens with one attached hydrogen (secondary N) is 1. The summed E-state index contributed by atoms with van der Waals surface area (Å²) in [4.78, 5) is 23.1. The standard InChI is InChI=1S/C13H18NO5P/c1-3-18-20(17,19-4-2)12(10-15)14-13(16)11-8-6-5-7-9-11/h5-10,12H,3-4H2,1-2H3,(H,14,16)/t12-/m1/s1. The molecule has 0 aliphatic carbocycles. The highest BCUT2D eigenvalue weighted by atomic mass is 31.2. The molecule has 0 spiro atoms. The van der Waals surface area contributed by atoms with E-state index in [0.717, 1.165) is 0 Å². The molecule has 1 N–H and O–H groups in total. The minimum Gasteiger partial charge on any atom is -0.332 e. The molecule has 0 radical (unpaired) electrons. The summed E-state index contributed by atoms with van der Waals surface area (Å²) in [6.45, 7) is 3.49. The molecule has 6 nitrogen and oxygen atoms in total. The van der Waals surface area contributed by atoms with E-state index < -0.39 is 19.3 Å². The molecule has 1 amide bonds. The number of aldehydes is 1. The largest absolute Gasteiger partial charge is 0.360 e. The van der Waals surface area contributed by atoms with Crippen LogP contribution in [-0.2, 0) is 18.4 Å². The zero-order valence-electron chi connectivity index (χ0n) is 11.4. The van der Waals surface area contributed by atoms with Gasteiger partial charge >= 0.3 is 7.60 Å². The molecule has 0 aromatic heterocycles. The molecule has 0 bridgehead atoms. The summed E-state index contributed by atoms with van der Waals surface area (Å²) in [6, 6.07) is 8.32. The van der Waals surface area contributed by atoms with Gasteiger partial charge in [-0.05, 0) is 26.0 Å². The molecule has 0 aliphatic rings. The zero-order chi connectivity index (χ0) is 15.0. The van der Waals surface area contributed by atoms with Crippen molar-refractivity contribution >= 4 is 19.8 Å². The molecule has 0 fully saturated rings. The van der Waals surface area contributed by atoms with E-state index in [9.17, 15) is 14.2 Å². The zero-order valence-corrected chi connectivity index (χ0v) is 12.3. The van der Waals surface area contributed by atoms with Gasteiger partial charge in [0.25, 0.3) is 5.91 Å². The average molecular weight is 299 g/mol. The van der Waals surface area contributed by atoms with Crippen LogP contribution in [0, 0.1) is 0 Å². The van der Waals surface area contributed by atoms with Crippen LogP contribution in [0.5, 0.6) is 0 Å². The molecule has 7 heteroatoms. The third kappa shape index (κ3) is 4.27. The van der Waals surface area contributed by atoms with E-state index in [0.29, 0.717) is 11.8 Å². The van der Waals surface area contributed by atoms with E-state index in [-0.39, 0.29) is 13.2 Å². The molecule has 0 saturated carbocycles. The van der Waals surface area contributed by atoms with E-state index in [1.165, 1.54) is 0 Å². The Labute approximate surface area is 118 Å². The number of rotatable bonds is 8. The topological polar surface area (TPSA) is 81.7 Å². The number of carbonyl (C=O) groups is 2. The van der Waals surface area contributed by atoms with Gasteiger partial charge in [0.2, 0.25) is 0 Å². The number of benzene rings is 1. The third-order valence-electron chi connectivity index (χ3n) is 2.40. The summed E-state index contributed by atoms with van der Waals surface area (Å²) in [6.07, 6.45) is 0.368. The van der Waals surface area contributed by atoms with Crippen molar-refractivity contribution in [3.63, 3.8) is 0 Å². The van der Waals surface area contributed by atoms with E-state index in [1.54, 1.807) is 44.2 Å². The van der Waals surface area contributed by atoms with Crippen LogP contribution in [0.15, 0.2) is 30.3 Å². The number of amides is 1. The fourth-order valence-electron chi connectivity index (χ4n) is 1.55. The van der Waals surface area contributed by atoms with E-state index in [2.05, 4.69) is 5.32 Å². The Morgan fingerprint density at radius 1 is 1.25 bits per heavy atom. The number of hydrogen-bond acceptors (Lipinski definition) is 5. The summed E-state index contributed by atoms with van der Waals surface area (Å²) >= 11 is 0. The lowest BCUT2D eigenvalue weighted by Gasteiger charge is -2.23. The Bertz CT molecular complexity index is 481. The van der Waals surface area contributed by atoms with Crippen molar-refractivity contribution in [3.8, 4) is 0 Å². The second-order valence-corrected chi connectivity index (χ2v) is 5.95. The van der Waals surface area contributed by atoms with Crippen molar-refractivity contribution in [2.75, 3.05) is 13.2 Å². The molecule has 0 unspecified atom stereocenters. The molecule has 1 aromatic carbocycles. The van der Waals surface area contributed by atoms with Crippen molar-refractivity contribution in [1.82, 2.24) is 5.32 Å². The lowest BCUT2D eigenvalue weighted by molar-refractivity contribution is -0.108. The van der Waals surface area contributed by atoms with Gasteiger partial charge in [0.15, 0.2) is 12.1 Å². The highest BCUT2D eigenvalue weighted by molar-refractivity contribution is 7.55. The van der Waals surface area contributed by atoms with Crippen LogP contribution in [0.2, 0.25) is 0 Å². The normalized spacial score (nSPS) is 12.7. The first kappa shape index (κ1) is 16.6. The third-order valence-corrected chi connectivity index (χ3v) is 4.57. The van der Waals surface area contributed by atoms with Crippen molar-refractivity contribution in [2.24, 2.45) is 0 Å². The summed E-state index contributed by atoms with van der Waals surface area (Å²) < 4.78 is 22.5. The molecule has 1 rings (SSSR count). The van der Waals surface area contributed by atoms with Gasteiger partial charge in [0, 0.05) is 5.56 Å². The predicted molar refractivity (Wildman–Crippen MR) is 74.6 cm³/mol. The van der Waals surface area contributed by atoms with Gasteiger partial charge in [-0.2, -0.15) is 0 Å². The number of carbonyl (C=O) groups excluding carboxylic acids is 2. The summed E-state index contributed by atoms with van der Waals surface area (Å²) in [7, 11) is -3.70. The Balaban J connectivity index is 2.87. The van der Waals surface area contributed by atoms with Crippen LogP contribution < -0.4 is 5.32 Å². The first-order chi connectivity index (χ1) is 9.57. The van der Waals surface area contributed by atoms with E-state index in [4.69, 9.17) is 9.05 Å². The van der Waals surface area contributed by atoms with Gasteiger partial charge in [-0.3, -0.25) is 9.36 Å². The lowest BCUT2D eigenvalue weighted by Crippen LogP contribution is -2.37. The molecular formula is C13H18NO5P. The minimum atomic E-state index is -3.70. The lowest BCUT2D eigenvalue weighted by atomic mass is 10.2. The Kier molecular flexibility index (Phi) is 6.58. The maximum atomic E-state index is 12.4. The van der Waals surface area contributed by atoms with Gasteiger partial charge in [-0.25, -0.2) is 0 Å². The van der Waals surface area contributed by atoms with Crippen LogP contribution in [0.1, 0.15) is 24.2 Å². The maximum absolute atomic E-state index is 12.4. The second-order valence-electron chi connectivity index (χ2n) is 3.80. The quantitative estimate of drug-likeness (QED) is 0.588. The molecule has 0 saturated heterocycles. The molecule has 110 valence electrons. The molecule has 0 aliphatic heterocycles. The van der Waals surface area contributed by atoms with Gasteiger partial charge in [-0.1, -0.05) is 18.2 Å². The Hall–Kier alpha value is -1.49. The van der Waals surface area contributed by atoms with Crippen LogP contribution in [0.25, 0.3) is 0 Å². The Morgan fingerprint density at radius 3 is 2.25 bits per heavy atom. The summed E-state index contributed by atoms with van der Waals surface area (Å²) in [5.41, 5.74) is 0.360. The van der Waals surface area contributed by atoms with Crippen molar-refractivity contribution in [1.29, 1.82) is 0 Å². The van der Waals surface area contributed by atoms with Gasteiger partial charge < -0.3 is 19.2 Å². The molecular weight excluding hydrogens is 281 g/mol. The maximum Gasteiger partial charge on any atom is 0.360 e. The molecule has 0 heterocycles. The summed E-state index contributed by atoms with van der Waals surface area (Å²) in [5.74, 6) is -1.84. The first-order valence-electron chi connectivity index (χ1n) is 6.27. The first-order valence-corrected chi connectivity index (χ1v) is 7.88.